The molecule has 1 rings (SSSR count). The number of nitrogens with zero attached hydrogens (tertiary/aromatic N) is 2. The first-order valence-electron chi connectivity index (χ1n) is 6.22. The number of carbonyl (C=O) groups excluding carboxylic acids is 1. The number of nitriles is 2. The summed E-state index contributed by atoms with van der Waals surface area (Å²) in [5, 5.41) is 23.4. The summed E-state index contributed by atoms with van der Waals surface area (Å²) in [5.41, 5.74) is 0.974. The van der Waals surface area contributed by atoms with Crippen LogP contribution in [-0.2, 0) is 4.79 Å². The summed E-state index contributed by atoms with van der Waals surface area (Å²) in [5.74, 6) is -0.116. The molecule has 0 fully saturated rings. The second-order valence-corrected chi connectivity index (χ2v) is 4.58. The maximum atomic E-state index is 11.7. The maximum Gasteiger partial charge on any atom is 0.263 e. The summed E-state index contributed by atoms with van der Waals surface area (Å²) < 4.78 is 0. The number of amides is 1. The van der Waals surface area contributed by atoms with Crippen LogP contribution < -0.4 is 10.6 Å². The second kappa shape index (κ2) is 7.60. The fourth-order valence-electron chi connectivity index (χ4n) is 1.40. The topological polar surface area (TPSA) is 88.7 Å². The average Bonchev–Trinajstić information content (AvgIpc) is 2.46. The molecular formula is C15H16N4O. The first-order chi connectivity index (χ1) is 9.58. The Hall–Kier alpha value is -2.79. The third kappa shape index (κ3) is 4.47. The molecule has 0 atom stereocenters. The number of para-hydroxylation sites is 1. The van der Waals surface area contributed by atoms with Gasteiger partial charge in [-0.3, -0.25) is 4.79 Å². The van der Waals surface area contributed by atoms with E-state index in [-0.39, 0.29) is 5.57 Å². The zero-order valence-electron chi connectivity index (χ0n) is 11.5. The highest BCUT2D eigenvalue weighted by Crippen LogP contribution is 2.13. The lowest BCUT2D eigenvalue weighted by atomic mass is 10.2. The monoisotopic (exact) mass is 268 g/mol. The highest BCUT2D eigenvalue weighted by Gasteiger charge is 2.09. The molecule has 0 aliphatic heterocycles. The van der Waals surface area contributed by atoms with E-state index < -0.39 is 5.91 Å². The molecular weight excluding hydrogens is 252 g/mol. The van der Waals surface area contributed by atoms with Gasteiger partial charge >= 0.3 is 0 Å². The minimum absolute atomic E-state index is 0.0293. The molecule has 5 heteroatoms. The van der Waals surface area contributed by atoms with Gasteiger partial charge in [0.25, 0.3) is 5.91 Å². The molecule has 2 N–H and O–H groups in total. The molecule has 0 radical (unpaired) electrons. The lowest BCUT2D eigenvalue weighted by Gasteiger charge is -2.07. The van der Waals surface area contributed by atoms with Crippen molar-refractivity contribution in [1.82, 2.24) is 5.32 Å². The Balaban J connectivity index is 2.79. The zero-order chi connectivity index (χ0) is 15.0. The van der Waals surface area contributed by atoms with Crippen molar-refractivity contribution < 1.29 is 4.79 Å². The molecule has 0 aromatic heterocycles. The Kier molecular flexibility index (Phi) is 5.80. The first kappa shape index (κ1) is 15.3. The van der Waals surface area contributed by atoms with Gasteiger partial charge in [0, 0.05) is 12.7 Å². The van der Waals surface area contributed by atoms with Crippen molar-refractivity contribution in [2.75, 3.05) is 11.9 Å². The molecule has 0 aliphatic carbocycles. The molecule has 0 heterocycles. The van der Waals surface area contributed by atoms with Crippen LogP contribution in [0.5, 0.6) is 0 Å². The summed E-state index contributed by atoms with van der Waals surface area (Å²) >= 11 is 0. The van der Waals surface area contributed by atoms with Crippen molar-refractivity contribution >= 4 is 11.6 Å². The maximum absolute atomic E-state index is 11.7. The van der Waals surface area contributed by atoms with E-state index in [4.69, 9.17) is 10.5 Å². The van der Waals surface area contributed by atoms with Gasteiger partial charge in [0.05, 0.1) is 11.3 Å². The Labute approximate surface area is 118 Å². The number of benzene rings is 1. The van der Waals surface area contributed by atoms with Crippen LogP contribution in [-0.4, -0.2) is 12.5 Å². The molecule has 0 saturated heterocycles. The molecule has 1 aromatic rings. The SMILES string of the molecule is CC(C)CNC(=O)/C(C#N)=C\Nc1ccccc1C#N. The van der Waals surface area contributed by atoms with E-state index in [1.54, 1.807) is 24.3 Å². The predicted molar refractivity (Wildman–Crippen MR) is 76.3 cm³/mol. The number of carbonyl (C=O) groups is 1. The standard InChI is InChI=1S/C15H16N4O/c1-11(2)9-19-15(20)13(8-17)10-18-14-6-4-3-5-12(14)7-16/h3-6,10-11,18H,9H2,1-2H3,(H,19,20)/b13-10-. The third-order valence-electron chi connectivity index (χ3n) is 2.46. The Morgan fingerprint density at radius 3 is 2.65 bits per heavy atom. The van der Waals surface area contributed by atoms with Gasteiger partial charge in [-0.1, -0.05) is 26.0 Å². The van der Waals surface area contributed by atoms with Crippen LogP contribution >= 0.6 is 0 Å². The van der Waals surface area contributed by atoms with E-state index in [1.807, 2.05) is 26.0 Å². The summed E-state index contributed by atoms with van der Waals surface area (Å²) in [4.78, 5) is 11.7. The Morgan fingerprint density at radius 2 is 2.05 bits per heavy atom. The van der Waals surface area contributed by atoms with Crippen LogP contribution in [0.15, 0.2) is 36.0 Å². The smallest absolute Gasteiger partial charge is 0.263 e. The lowest BCUT2D eigenvalue weighted by Crippen LogP contribution is -2.28. The van der Waals surface area contributed by atoms with Gasteiger partial charge in [0.1, 0.15) is 17.7 Å². The molecule has 102 valence electrons. The van der Waals surface area contributed by atoms with Gasteiger partial charge in [-0.15, -0.1) is 0 Å². The number of hydrogen-bond donors (Lipinski definition) is 2. The average molecular weight is 268 g/mol. The van der Waals surface area contributed by atoms with E-state index in [1.165, 1.54) is 6.20 Å². The number of rotatable bonds is 5. The van der Waals surface area contributed by atoms with Crippen molar-refractivity contribution in [1.29, 1.82) is 10.5 Å². The van der Waals surface area contributed by atoms with Gasteiger partial charge < -0.3 is 10.6 Å². The Bertz CT molecular complexity index is 591. The summed E-state index contributed by atoms with van der Waals surface area (Å²) in [6, 6.07) is 10.7. The van der Waals surface area contributed by atoms with Gasteiger partial charge in [-0.25, -0.2) is 0 Å². The number of hydrogen-bond acceptors (Lipinski definition) is 4. The fourth-order valence-corrected chi connectivity index (χ4v) is 1.40. The predicted octanol–water partition coefficient (Wildman–Crippen LogP) is 2.15. The highest BCUT2D eigenvalue weighted by atomic mass is 16.1. The molecule has 20 heavy (non-hydrogen) atoms. The highest BCUT2D eigenvalue weighted by molar-refractivity contribution is 5.97. The van der Waals surface area contributed by atoms with Crippen LogP contribution in [0, 0.1) is 28.6 Å². The molecule has 0 bridgehead atoms. The molecule has 1 amide bonds. The summed E-state index contributed by atoms with van der Waals surface area (Å²) in [6.07, 6.45) is 1.31. The zero-order valence-corrected chi connectivity index (χ0v) is 11.5. The van der Waals surface area contributed by atoms with Crippen LogP contribution in [0.25, 0.3) is 0 Å². The van der Waals surface area contributed by atoms with Crippen LogP contribution in [0.4, 0.5) is 5.69 Å². The van der Waals surface area contributed by atoms with Crippen molar-refractivity contribution in [3.05, 3.63) is 41.6 Å². The molecule has 0 saturated carbocycles. The number of anilines is 1. The number of nitrogens with one attached hydrogen (secondary N) is 2. The Morgan fingerprint density at radius 1 is 1.35 bits per heavy atom. The lowest BCUT2D eigenvalue weighted by molar-refractivity contribution is -0.117. The molecule has 5 nitrogen and oxygen atoms in total. The van der Waals surface area contributed by atoms with E-state index in [0.29, 0.717) is 23.7 Å². The van der Waals surface area contributed by atoms with Crippen molar-refractivity contribution in [2.45, 2.75) is 13.8 Å². The van der Waals surface area contributed by atoms with Crippen LogP contribution in [0.3, 0.4) is 0 Å². The van der Waals surface area contributed by atoms with Crippen molar-refractivity contribution in [3.63, 3.8) is 0 Å². The summed E-state index contributed by atoms with van der Waals surface area (Å²) in [6.45, 7) is 4.45. The van der Waals surface area contributed by atoms with Gasteiger partial charge in [0.2, 0.25) is 0 Å². The fraction of sp³-hybridized carbons (Fsp3) is 0.267. The molecule has 0 spiro atoms. The van der Waals surface area contributed by atoms with E-state index in [9.17, 15) is 4.79 Å². The normalized spacial score (nSPS) is 10.6. The van der Waals surface area contributed by atoms with Gasteiger partial charge in [-0.2, -0.15) is 10.5 Å². The van der Waals surface area contributed by atoms with E-state index >= 15 is 0 Å². The molecule has 1 aromatic carbocycles. The molecule has 0 unspecified atom stereocenters. The van der Waals surface area contributed by atoms with Gasteiger partial charge in [0.15, 0.2) is 0 Å². The summed E-state index contributed by atoms with van der Waals surface area (Å²) in [7, 11) is 0. The minimum Gasteiger partial charge on any atom is -0.359 e. The minimum atomic E-state index is -0.428. The third-order valence-corrected chi connectivity index (χ3v) is 2.46. The quantitative estimate of drug-likeness (QED) is 0.632. The van der Waals surface area contributed by atoms with Crippen LogP contribution in [0.1, 0.15) is 19.4 Å². The van der Waals surface area contributed by atoms with Crippen molar-refractivity contribution in [2.24, 2.45) is 5.92 Å². The van der Waals surface area contributed by atoms with E-state index in [2.05, 4.69) is 10.6 Å². The van der Waals surface area contributed by atoms with Crippen LogP contribution in [0.2, 0.25) is 0 Å². The molecule has 0 aliphatic rings. The largest absolute Gasteiger partial charge is 0.359 e. The van der Waals surface area contributed by atoms with Crippen molar-refractivity contribution in [3.8, 4) is 12.1 Å². The van der Waals surface area contributed by atoms with Gasteiger partial charge in [-0.05, 0) is 18.1 Å². The first-order valence-corrected chi connectivity index (χ1v) is 6.22. The second-order valence-electron chi connectivity index (χ2n) is 4.58. The van der Waals surface area contributed by atoms with E-state index in [0.717, 1.165) is 0 Å².